The number of hydrogen-bond acceptors (Lipinski definition) is 1. The molecule has 0 atom stereocenters. The summed E-state index contributed by atoms with van der Waals surface area (Å²) in [6.07, 6.45) is 8.15. The summed E-state index contributed by atoms with van der Waals surface area (Å²) in [5, 5.41) is 9.34. The second-order valence-corrected chi connectivity index (χ2v) is 3.05. The summed E-state index contributed by atoms with van der Waals surface area (Å²) in [7, 11) is 0. The summed E-state index contributed by atoms with van der Waals surface area (Å²) in [4.78, 5) is 0. The van der Waals surface area contributed by atoms with Gasteiger partial charge in [0.15, 0.2) is 0 Å². The van der Waals surface area contributed by atoms with Gasteiger partial charge in [0.05, 0.1) is 5.76 Å². The lowest BCUT2D eigenvalue weighted by Crippen LogP contribution is -2.08. The minimum atomic E-state index is 0.485. The van der Waals surface area contributed by atoms with Crippen LogP contribution in [-0.2, 0) is 0 Å². The molecule has 1 saturated carbocycles. The maximum atomic E-state index is 9.34. The third-order valence-electron chi connectivity index (χ3n) is 2.32. The number of hydrogen-bond donors (Lipinski definition) is 1. The summed E-state index contributed by atoms with van der Waals surface area (Å²) in [5.74, 6) is 1.10. The van der Waals surface area contributed by atoms with Gasteiger partial charge in [-0.3, -0.25) is 0 Å². The van der Waals surface area contributed by atoms with Crippen LogP contribution in [0.4, 0.5) is 0 Å². The summed E-state index contributed by atoms with van der Waals surface area (Å²) in [6.45, 7) is 1.91. The molecule has 1 heteroatoms. The number of allylic oxidation sites excluding steroid dienone is 2. The Hall–Kier alpha value is -0.460. The van der Waals surface area contributed by atoms with Crippen LogP contribution in [0.25, 0.3) is 0 Å². The van der Waals surface area contributed by atoms with Crippen molar-refractivity contribution in [2.24, 2.45) is 5.92 Å². The first-order valence-electron chi connectivity index (χ1n) is 4.19. The number of rotatable bonds is 1. The van der Waals surface area contributed by atoms with Crippen LogP contribution in [0.2, 0.25) is 0 Å². The lowest BCUT2D eigenvalue weighted by molar-refractivity contribution is 0.275. The van der Waals surface area contributed by atoms with Gasteiger partial charge in [0, 0.05) is 5.92 Å². The maximum absolute atomic E-state index is 9.34. The first-order valence-corrected chi connectivity index (χ1v) is 4.19. The SMILES string of the molecule is CC=C(O)C1CCCCC1. The molecule has 1 aliphatic carbocycles. The van der Waals surface area contributed by atoms with Crippen molar-refractivity contribution in [3.63, 3.8) is 0 Å². The highest BCUT2D eigenvalue weighted by Crippen LogP contribution is 2.27. The molecule has 0 aromatic carbocycles. The molecule has 0 radical (unpaired) electrons. The summed E-state index contributed by atoms with van der Waals surface area (Å²) in [5.41, 5.74) is 0. The molecule has 10 heavy (non-hydrogen) atoms. The second kappa shape index (κ2) is 3.65. The smallest absolute Gasteiger partial charge is 0.0910 e. The topological polar surface area (TPSA) is 20.2 Å². The molecule has 1 rings (SSSR count). The largest absolute Gasteiger partial charge is 0.512 e. The van der Waals surface area contributed by atoms with Gasteiger partial charge in [0.25, 0.3) is 0 Å². The van der Waals surface area contributed by atoms with E-state index in [-0.39, 0.29) is 0 Å². The van der Waals surface area contributed by atoms with Crippen molar-refractivity contribution < 1.29 is 5.11 Å². The van der Waals surface area contributed by atoms with Crippen LogP contribution in [0.5, 0.6) is 0 Å². The van der Waals surface area contributed by atoms with Crippen LogP contribution in [0.15, 0.2) is 11.8 Å². The van der Waals surface area contributed by atoms with E-state index in [9.17, 15) is 5.11 Å². The predicted molar refractivity (Wildman–Crippen MR) is 43.0 cm³/mol. The van der Waals surface area contributed by atoms with E-state index >= 15 is 0 Å². The van der Waals surface area contributed by atoms with E-state index in [2.05, 4.69) is 0 Å². The zero-order valence-corrected chi connectivity index (χ0v) is 6.64. The molecule has 0 amide bonds. The van der Waals surface area contributed by atoms with Crippen molar-refractivity contribution in [1.29, 1.82) is 0 Å². The van der Waals surface area contributed by atoms with Crippen LogP contribution < -0.4 is 0 Å². The minimum Gasteiger partial charge on any atom is -0.512 e. The molecule has 0 bridgehead atoms. The molecule has 0 aromatic heterocycles. The zero-order chi connectivity index (χ0) is 7.40. The van der Waals surface area contributed by atoms with E-state index < -0.39 is 0 Å². The van der Waals surface area contributed by atoms with E-state index in [1.165, 1.54) is 32.1 Å². The Morgan fingerprint density at radius 2 is 1.90 bits per heavy atom. The minimum absolute atomic E-state index is 0.485. The van der Waals surface area contributed by atoms with E-state index in [0.29, 0.717) is 11.7 Å². The quantitative estimate of drug-likeness (QED) is 0.555. The Morgan fingerprint density at radius 1 is 1.30 bits per heavy atom. The second-order valence-electron chi connectivity index (χ2n) is 3.05. The van der Waals surface area contributed by atoms with Crippen molar-refractivity contribution in [1.82, 2.24) is 0 Å². The van der Waals surface area contributed by atoms with Gasteiger partial charge in [-0.2, -0.15) is 0 Å². The number of aliphatic hydroxyl groups excluding tert-OH is 1. The summed E-state index contributed by atoms with van der Waals surface area (Å²) < 4.78 is 0. The van der Waals surface area contributed by atoms with Gasteiger partial charge in [-0.15, -0.1) is 0 Å². The molecule has 1 N–H and O–H groups in total. The molecular weight excluding hydrogens is 124 g/mol. The highest BCUT2D eigenvalue weighted by Gasteiger charge is 2.15. The van der Waals surface area contributed by atoms with Gasteiger partial charge in [-0.25, -0.2) is 0 Å². The van der Waals surface area contributed by atoms with Crippen molar-refractivity contribution in [2.45, 2.75) is 39.0 Å². The molecule has 58 valence electrons. The standard InChI is InChI=1S/C9H16O/c1-2-9(10)8-6-4-3-5-7-8/h2,8,10H,3-7H2,1H3. The van der Waals surface area contributed by atoms with Gasteiger partial charge in [0.1, 0.15) is 0 Å². The first-order chi connectivity index (χ1) is 4.84. The van der Waals surface area contributed by atoms with E-state index in [1.807, 2.05) is 13.0 Å². The van der Waals surface area contributed by atoms with Crippen molar-refractivity contribution >= 4 is 0 Å². The van der Waals surface area contributed by atoms with Crippen LogP contribution in [0.1, 0.15) is 39.0 Å². The molecule has 0 spiro atoms. The molecule has 0 aliphatic heterocycles. The molecule has 0 saturated heterocycles. The van der Waals surface area contributed by atoms with Gasteiger partial charge >= 0.3 is 0 Å². The fourth-order valence-electron chi connectivity index (χ4n) is 1.63. The fraction of sp³-hybridized carbons (Fsp3) is 0.778. The Balaban J connectivity index is 2.39. The van der Waals surface area contributed by atoms with Crippen LogP contribution in [-0.4, -0.2) is 5.11 Å². The Labute approximate surface area is 62.8 Å². The molecule has 0 unspecified atom stereocenters. The lowest BCUT2D eigenvalue weighted by atomic mass is 9.88. The van der Waals surface area contributed by atoms with Gasteiger partial charge in [-0.05, 0) is 25.8 Å². The fourth-order valence-corrected chi connectivity index (χ4v) is 1.63. The molecule has 0 heterocycles. The Morgan fingerprint density at radius 3 is 2.40 bits per heavy atom. The molecule has 0 aromatic rings. The van der Waals surface area contributed by atoms with Gasteiger partial charge in [-0.1, -0.05) is 19.3 Å². The van der Waals surface area contributed by atoms with E-state index in [4.69, 9.17) is 0 Å². The Bertz CT molecular complexity index is 121. The molecule has 1 fully saturated rings. The predicted octanol–water partition coefficient (Wildman–Crippen LogP) is 3.03. The molecule has 1 nitrogen and oxygen atoms in total. The summed E-state index contributed by atoms with van der Waals surface area (Å²) >= 11 is 0. The third-order valence-corrected chi connectivity index (χ3v) is 2.32. The molecule has 1 aliphatic rings. The lowest BCUT2D eigenvalue weighted by Gasteiger charge is -2.20. The number of aliphatic hydroxyl groups is 1. The van der Waals surface area contributed by atoms with Crippen molar-refractivity contribution in [3.05, 3.63) is 11.8 Å². The molecular formula is C9H16O. The average molecular weight is 140 g/mol. The zero-order valence-electron chi connectivity index (χ0n) is 6.64. The average Bonchev–Trinajstić information content (AvgIpc) is 2.05. The van der Waals surface area contributed by atoms with Gasteiger partial charge < -0.3 is 5.11 Å². The maximum Gasteiger partial charge on any atom is 0.0910 e. The van der Waals surface area contributed by atoms with Gasteiger partial charge in [0.2, 0.25) is 0 Å². The highest BCUT2D eigenvalue weighted by molar-refractivity contribution is 4.95. The van der Waals surface area contributed by atoms with E-state index in [0.717, 1.165) is 0 Å². The normalized spacial score (nSPS) is 23.1. The Kier molecular flexibility index (Phi) is 2.79. The van der Waals surface area contributed by atoms with Crippen LogP contribution in [0, 0.1) is 5.92 Å². The van der Waals surface area contributed by atoms with E-state index in [1.54, 1.807) is 0 Å². The van der Waals surface area contributed by atoms with Crippen LogP contribution in [0.3, 0.4) is 0 Å². The van der Waals surface area contributed by atoms with Crippen LogP contribution >= 0.6 is 0 Å². The highest BCUT2D eigenvalue weighted by atomic mass is 16.3. The monoisotopic (exact) mass is 140 g/mol. The van der Waals surface area contributed by atoms with Crippen molar-refractivity contribution in [3.8, 4) is 0 Å². The van der Waals surface area contributed by atoms with Crippen molar-refractivity contribution in [2.75, 3.05) is 0 Å². The summed E-state index contributed by atoms with van der Waals surface area (Å²) in [6, 6.07) is 0. The third kappa shape index (κ3) is 1.76. The first kappa shape index (κ1) is 7.64.